The predicted molar refractivity (Wildman–Crippen MR) is 70.7 cm³/mol. The highest BCUT2D eigenvalue weighted by Crippen LogP contribution is 2.43. The van der Waals surface area contributed by atoms with E-state index in [4.69, 9.17) is 0 Å². The van der Waals surface area contributed by atoms with Gasteiger partial charge in [0.05, 0.1) is 6.07 Å². The second-order valence-corrected chi connectivity index (χ2v) is 5.42. The zero-order chi connectivity index (χ0) is 13.3. The van der Waals surface area contributed by atoms with Gasteiger partial charge in [-0.3, -0.25) is 4.90 Å². The van der Waals surface area contributed by atoms with Gasteiger partial charge >= 0.3 is 0 Å². The number of nitrogens with zero attached hydrogens (tertiary/aromatic N) is 2. The number of likely N-dealkylation sites (tertiary alicyclic amines) is 1. The molecule has 1 aromatic rings. The molecule has 4 atom stereocenters. The lowest BCUT2D eigenvalue weighted by Gasteiger charge is -2.48. The Bertz CT molecular complexity index is 453. The van der Waals surface area contributed by atoms with Gasteiger partial charge in [0.15, 0.2) is 5.60 Å². The van der Waals surface area contributed by atoms with E-state index in [0.29, 0.717) is 0 Å². The third-order valence-corrected chi connectivity index (χ3v) is 4.28. The fourth-order valence-electron chi connectivity index (χ4n) is 3.16. The Balaban J connectivity index is 2.39. The minimum Gasteiger partial charge on any atom is -0.375 e. The van der Waals surface area contributed by atoms with Crippen LogP contribution in [-0.4, -0.2) is 29.2 Å². The number of rotatable bonds is 1. The van der Waals surface area contributed by atoms with Gasteiger partial charge in [-0.15, -0.1) is 0 Å². The first-order valence-electron chi connectivity index (χ1n) is 6.39. The van der Waals surface area contributed by atoms with Crippen LogP contribution in [0.4, 0.5) is 0 Å². The lowest BCUT2D eigenvalue weighted by Crippen LogP contribution is -2.55. The Labute approximate surface area is 109 Å². The molecule has 1 aromatic carbocycles. The lowest BCUT2D eigenvalue weighted by atomic mass is 9.70. The minimum absolute atomic E-state index is 0.0394. The lowest BCUT2D eigenvalue weighted by molar-refractivity contribution is -0.0878. The summed E-state index contributed by atoms with van der Waals surface area (Å²) in [6, 6.07) is 12.3. The molecule has 3 heteroatoms. The van der Waals surface area contributed by atoms with Crippen LogP contribution in [0.5, 0.6) is 0 Å². The molecule has 0 radical (unpaired) electrons. The Hall–Kier alpha value is -1.37. The van der Waals surface area contributed by atoms with Crippen molar-refractivity contribution >= 4 is 0 Å². The van der Waals surface area contributed by atoms with E-state index in [9.17, 15) is 10.4 Å². The molecule has 4 unspecified atom stereocenters. The summed E-state index contributed by atoms with van der Waals surface area (Å²) in [6.45, 7) is 4.64. The Morgan fingerprint density at radius 3 is 2.50 bits per heavy atom. The average molecular weight is 244 g/mol. The molecule has 1 aliphatic heterocycles. The van der Waals surface area contributed by atoms with E-state index in [1.807, 2.05) is 32.0 Å². The molecule has 0 saturated carbocycles. The highest BCUT2D eigenvalue weighted by molar-refractivity contribution is 5.24. The first-order chi connectivity index (χ1) is 8.50. The van der Waals surface area contributed by atoms with Gasteiger partial charge in [0.25, 0.3) is 0 Å². The first-order valence-corrected chi connectivity index (χ1v) is 6.39. The SMILES string of the molecule is CC1CN(C)C(c2ccccc2)C(C)C1(O)C#N. The van der Waals surface area contributed by atoms with Crippen molar-refractivity contribution in [3.8, 4) is 6.07 Å². The van der Waals surface area contributed by atoms with Crippen LogP contribution in [0.2, 0.25) is 0 Å². The van der Waals surface area contributed by atoms with Crippen molar-refractivity contribution in [2.45, 2.75) is 25.5 Å². The topological polar surface area (TPSA) is 47.3 Å². The van der Waals surface area contributed by atoms with Gasteiger partial charge in [0.2, 0.25) is 0 Å². The van der Waals surface area contributed by atoms with E-state index >= 15 is 0 Å². The quantitative estimate of drug-likeness (QED) is 0.770. The van der Waals surface area contributed by atoms with Gasteiger partial charge < -0.3 is 5.11 Å². The zero-order valence-electron chi connectivity index (χ0n) is 11.2. The van der Waals surface area contributed by atoms with Crippen molar-refractivity contribution < 1.29 is 5.11 Å². The fourth-order valence-corrected chi connectivity index (χ4v) is 3.16. The minimum atomic E-state index is -1.24. The van der Waals surface area contributed by atoms with Crippen LogP contribution in [0.3, 0.4) is 0 Å². The van der Waals surface area contributed by atoms with Crippen molar-refractivity contribution in [2.24, 2.45) is 11.8 Å². The number of piperidine rings is 1. The highest BCUT2D eigenvalue weighted by atomic mass is 16.3. The van der Waals surface area contributed by atoms with E-state index < -0.39 is 5.60 Å². The summed E-state index contributed by atoms with van der Waals surface area (Å²) in [5.74, 6) is -0.152. The van der Waals surface area contributed by atoms with Crippen LogP contribution in [0.1, 0.15) is 25.5 Å². The molecule has 0 aromatic heterocycles. The van der Waals surface area contributed by atoms with Crippen molar-refractivity contribution in [2.75, 3.05) is 13.6 Å². The van der Waals surface area contributed by atoms with Crippen molar-refractivity contribution in [1.82, 2.24) is 4.90 Å². The summed E-state index contributed by atoms with van der Waals surface area (Å²) in [5, 5.41) is 19.9. The summed E-state index contributed by atoms with van der Waals surface area (Å²) in [5.41, 5.74) is -0.0828. The maximum atomic E-state index is 10.6. The van der Waals surface area contributed by atoms with Crippen LogP contribution in [0, 0.1) is 23.2 Å². The van der Waals surface area contributed by atoms with E-state index in [2.05, 4.69) is 30.1 Å². The molecule has 0 bridgehead atoms. The maximum absolute atomic E-state index is 10.6. The Morgan fingerprint density at radius 1 is 1.33 bits per heavy atom. The van der Waals surface area contributed by atoms with E-state index in [-0.39, 0.29) is 17.9 Å². The van der Waals surface area contributed by atoms with Gasteiger partial charge in [-0.25, -0.2) is 0 Å². The molecule has 0 amide bonds. The number of hydrogen-bond acceptors (Lipinski definition) is 3. The first kappa shape index (κ1) is 13.1. The molecule has 1 aliphatic rings. The maximum Gasteiger partial charge on any atom is 0.159 e. The molecule has 1 saturated heterocycles. The smallest absolute Gasteiger partial charge is 0.159 e. The van der Waals surface area contributed by atoms with Crippen LogP contribution >= 0.6 is 0 Å². The third-order valence-electron chi connectivity index (χ3n) is 4.28. The molecule has 0 aliphatic carbocycles. The molecular weight excluding hydrogens is 224 g/mol. The second-order valence-electron chi connectivity index (χ2n) is 5.42. The average Bonchev–Trinajstić information content (AvgIpc) is 2.37. The summed E-state index contributed by atoms with van der Waals surface area (Å²) >= 11 is 0. The van der Waals surface area contributed by atoms with Gasteiger partial charge in [-0.05, 0) is 12.6 Å². The van der Waals surface area contributed by atoms with Crippen molar-refractivity contribution in [3.63, 3.8) is 0 Å². The zero-order valence-corrected chi connectivity index (χ0v) is 11.2. The van der Waals surface area contributed by atoms with Crippen molar-refractivity contribution in [3.05, 3.63) is 35.9 Å². The molecule has 1 fully saturated rings. The van der Waals surface area contributed by atoms with Gasteiger partial charge in [-0.2, -0.15) is 5.26 Å². The fraction of sp³-hybridized carbons (Fsp3) is 0.533. The monoisotopic (exact) mass is 244 g/mol. The third kappa shape index (κ3) is 1.92. The normalized spacial score (nSPS) is 37.2. The second kappa shape index (κ2) is 4.72. The van der Waals surface area contributed by atoms with Gasteiger partial charge in [0.1, 0.15) is 0 Å². The molecule has 1 N–H and O–H groups in total. The number of benzene rings is 1. The van der Waals surface area contributed by atoms with E-state index in [1.165, 1.54) is 0 Å². The van der Waals surface area contributed by atoms with Crippen molar-refractivity contribution in [1.29, 1.82) is 5.26 Å². The largest absolute Gasteiger partial charge is 0.375 e. The van der Waals surface area contributed by atoms with Gasteiger partial charge in [0, 0.05) is 24.4 Å². The van der Waals surface area contributed by atoms with Gasteiger partial charge in [-0.1, -0.05) is 44.2 Å². The van der Waals surface area contributed by atoms with E-state index in [1.54, 1.807) is 0 Å². The summed E-state index contributed by atoms with van der Waals surface area (Å²) in [7, 11) is 2.06. The number of nitriles is 1. The van der Waals surface area contributed by atoms with Crippen LogP contribution < -0.4 is 0 Å². The van der Waals surface area contributed by atoms with Crippen LogP contribution in [0.15, 0.2) is 30.3 Å². The Kier molecular flexibility index (Phi) is 3.43. The number of hydrogen-bond donors (Lipinski definition) is 1. The van der Waals surface area contributed by atoms with E-state index in [0.717, 1.165) is 12.1 Å². The predicted octanol–water partition coefficient (Wildman–Crippen LogP) is 2.20. The highest BCUT2D eigenvalue weighted by Gasteiger charge is 2.49. The van der Waals surface area contributed by atoms with Crippen LogP contribution in [-0.2, 0) is 0 Å². The molecule has 2 rings (SSSR count). The summed E-state index contributed by atoms with van der Waals surface area (Å²) in [4.78, 5) is 2.23. The summed E-state index contributed by atoms with van der Waals surface area (Å²) in [6.07, 6.45) is 0. The van der Waals surface area contributed by atoms with Crippen LogP contribution in [0.25, 0.3) is 0 Å². The molecular formula is C15H20N2O. The summed E-state index contributed by atoms with van der Waals surface area (Å²) < 4.78 is 0. The molecule has 96 valence electrons. The Morgan fingerprint density at radius 2 is 1.94 bits per heavy atom. The number of aliphatic hydroxyl groups is 1. The standard InChI is InChI=1S/C15H20N2O/c1-11-9-17(3)14(12(2)15(11,18)10-16)13-7-5-4-6-8-13/h4-8,11-12,14,18H,9H2,1-3H3. The molecule has 3 nitrogen and oxygen atoms in total. The molecule has 0 spiro atoms. The molecule has 18 heavy (non-hydrogen) atoms. The molecule has 1 heterocycles.